The molecule has 0 radical (unpaired) electrons. The number of aliphatic hydroxyl groups excluding tert-OH is 1. The molecule has 0 saturated carbocycles. The predicted octanol–water partition coefficient (Wildman–Crippen LogP) is 24.5. The molecule has 0 rings (SSSR count). The summed E-state index contributed by atoms with van der Waals surface area (Å²) in [6.45, 7) is 12.0. The maximum atomic E-state index is 13.1. The topological polar surface area (TPSA) is 237 Å². The van der Waals surface area contributed by atoms with Crippen LogP contribution < -0.4 is 0 Å². The van der Waals surface area contributed by atoms with Gasteiger partial charge in [-0.05, 0) is 43.4 Å². The Morgan fingerprint density at radius 1 is 0.287 bits per heavy atom. The molecule has 600 valence electrons. The van der Waals surface area contributed by atoms with Gasteiger partial charge < -0.3 is 33.8 Å². The molecule has 3 N–H and O–H groups in total. The summed E-state index contributed by atoms with van der Waals surface area (Å²) in [4.78, 5) is 73.1. The van der Waals surface area contributed by atoms with Gasteiger partial charge in [-0.15, -0.1) is 0 Å². The zero-order chi connectivity index (χ0) is 74.4. The van der Waals surface area contributed by atoms with Crippen molar-refractivity contribution in [3.05, 3.63) is 0 Å². The summed E-state index contributed by atoms with van der Waals surface area (Å²) in [5.41, 5.74) is 0. The number of unbranched alkanes of at least 4 members (excludes halogenated alkanes) is 47. The lowest BCUT2D eigenvalue weighted by molar-refractivity contribution is -0.161. The van der Waals surface area contributed by atoms with Crippen LogP contribution in [0, 0.1) is 17.8 Å². The van der Waals surface area contributed by atoms with Crippen LogP contribution in [0.3, 0.4) is 0 Å². The molecule has 0 bridgehead atoms. The zero-order valence-corrected chi connectivity index (χ0v) is 68.2. The van der Waals surface area contributed by atoms with Crippen LogP contribution in [0.15, 0.2) is 0 Å². The molecule has 0 spiro atoms. The van der Waals surface area contributed by atoms with Crippen LogP contribution >= 0.6 is 15.6 Å². The number of rotatable bonds is 80. The third-order valence-electron chi connectivity index (χ3n) is 19.5. The summed E-state index contributed by atoms with van der Waals surface area (Å²) in [6, 6.07) is 0. The van der Waals surface area contributed by atoms with E-state index in [1.54, 1.807) is 0 Å². The van der Waals surface area contributed by atoms with Crippen molar-refractivity contribution in [2.45, 2.75) is 446 Å². The van der Waals surface area contributed by atoms with Crippen LogP contribution in [-0.2, 0) is 65.4 Å². The summed E-state index contributed by atoms with van der Waals surface area (Å²) in [5.74, 6) is 0.234. The fourth-order valence-corrected chi connectivity index (χ4v) is 14.2. The van der Waals surface area contributed by atoms with E-state index in [0.29, 0.717) is 25.7 Å². The third kappa shape index (κ3) is 74.7. The van der Waals surface area contributed by atoms with Crippen LogP contribution in [0.25, 0.3) is 0 Å². The Hall–Kier alpha value is -1.94. The first-order chi connectivity index (χ1) is 48.8. The monoisotopic (exact) mass is 1480 g/mol. The van der Waals surface area contributed by atoms with E-state index in [2.05, 4.69) is 48.5 Å². The highest BCUT2D eigenvalue weighted by molar-refractivity contribution is 7.47. The number of phosphoric ester groups is 2. The van der Waals surface area contributed by atoms with Crippen molar-refractivity contribution < 1.29 is 80.2 Å². The minimum Gasteiger partial charge on any atom is -0.462 e. The summed E-state index contributed by atoms with van der Waals surface area (Å²) in [5, 5.41) is 10.7. The van der Waals surface area contributed by atoms with Gasteiger partial charge in [0.05, 0.1) is 26.4 Å². The van der Waals surface area contributed by atoms with Gasteiger partial charge in [0, 0.05) is 25.7 Å². The lowest BCUT2D eigenvalue weighted by Gasteiger charge is -2.21. The number of hydrogen-bond acceptors (Lipinski definition) is 15. The second-order valence-corrected chi connectivity index (χ2v) is 33.6. The summed E-state index contributed by atoms with van der Waals surface area (Å²) in [6.07, 6.45) is 60.9. The maximum Gasteiger partial charge on any atom is 0.472 e. The van der Waals surface area contributed by atoms with E-state index in [1.807, 2.05) is 0 Å². The quantitative estimate of drug-likeness (QED) is 0.0222. The first-order valence-electron chi connectivity index (χ1n) is 42.4. The molecule has 0 fully saturated rings. The van der Waals surface area contributed by atoms with E-state index in [9.17, 15) is 43.2 Å². The molecule has 0 heterocycles. The minimum absolute atomic E-state index is 0.106. The highest BCUT2D eigenvalue weighted by Gasteiger charge is 2.30. The number of phosphoric acid groups is 2. The standard InChI is InChI=1S/C82H160O17P2/c1-8-10-11-12-13-14-15-16-17-18-19-20-21-22-27-37-44-51-58-65-81(86)98-77(69-92-79(84)63-56-49-42-35-26-24-23-25-32-39-46-53-60-73(3)4)71-96-100(88,89)94-67-76(83)68-95-101(90,91)97-72-78(70-93-80(85)64-57-50-43-36-30-28-33-40-47-54-61-74(5)6)99-82(87)66-59-52-45-38-31-29-34-41-48-55-62-75(7)9-2/h73-78,83H,8-72H2,1-7H3,(H,88,89)(H,90,91)/t75?,76-,77-,78-/m1/s1. The summed E-state index contributed by atoms with van der Waals surface area (Å²) in [7, 11) is -9.92. The van der Waals surface area contributed by atoms with Gasteiger partial charge >= 0.3 is 39.5 Å². The first kappa shape index (κ1) is 99.1. The smallest absolute Gasteiger partial charge is 0.462 e. The number of carbonyl (C=O) groups is 4. The number of aliphatic hydroxyl groups is 1. The average Bonchev–Trinajstić information content (AvgIpc) is 0.919. The first-order valence-corrected chi connectivity index (χ1v) is 45.4. The Labute approximate surface area is 619 Å². The third-order valence-corrected chi connectivity index (χ3v) is 21.4. The highest BCUT2D eigenvalue weighted by Crippen LogP contribution is 2.45. The fourth-order valence-electron chi connectivity index (χ4n) is 12.6. The lowest BCUT2D eigenvalue weighted by Crippen LogP contribution is -2.30. The number of hydrogen-bond donors (Lipinski definition) is 3. The van der Waals surface area contributed by atoms with Crippen molar-refractivity contribution in [1.29, 1.82) is 0 Å². The molecular formula is C82H160O17P2. The van der Waals surface area contributed by atoms with Gasteiger partial charge in [-0.1, -0.05) is 376 Å². The Bertz CT molecular complexity index is 1960. The SMILES string of the molecule is CCCCCCCCCCCCCCCCCCCCCC(=O)O[C@H](COC(=O)CCCCCCCCCCCCCCC(C)C)COP(=O)(O)OC[C@@H](O)COP(=O)(O)OC[C@@H](COC(=O)CCCCCCCCCCCCC(C)C)OC(=O)CCCCCCCCCCCCC(C)CC. The molecule has 0 saturated heterocycles. The second kappa shape index (κ2) is 72.3. The van der Waals surface area contributed by atoms with E-state index in [1.165, 1.54) is 238 Å². The van der Waals surface area contributed by atoms with Crippen LogP contribution in [-0.4, -0.2) is 96.7 Å². The molecule has 19 heteroatoms. The zero-order valence-electron chi connectivity index (χ0n) is 66.4. The van der Waals surface area contributed by atoms with E-state index in [4.69, 9.17) is 37.0 Å². The number of esters is 4. The van der Waals surface area contributed by atoms with E-state index < -0.39 is 97.5 Å². The lowest BCUT2D eigenvalue weighted by atomic mass is 9.99. The van der Waals surface area contributed by atoms with Crippen molar-refractivity contribution in [2.75, 3.05) is 39.6 Å². The van der Waals surface area contributed by atoms with Gasteiger partial charge in [-0.2, -0.15) is 0 Å². The molecule has 0 aliphatic rings. The predicted molar refractivity (Wildman–Crippen MR) is 414 cm³/mol. The maximum absolute atomic E-state index is 13.1. The van der Waals surface area contributed by atoms with Crippen molar-refractivity contribution in [3.63, 3.8) is 0 Å². The van der Waals surface area contributed by atoms with Gasteiger partial charge in [0.15, 0.2) is 12.2 Å². The fraction of sp³-hybridized carbons (Fsp3) is 0.951. The molecule has 0 amide bonds. The van der Waals surface area contributed by atoms with Crippen LogP contribution in [0.4, 0.5) is 0 Å². The van der Waals surface area contributed by atoms with E-state index >= 15 is 0 Å². The van der Waals surface area contributed by atoms with Crippen molar-refractivity contribution in [1.82, 2.24) is 0 Å². The summed E-state index contributed by atoms with van der Waals surface area (Å²) < 4.78 is 68.8. The van der Waals surface area contributed by atoms with Gasteiger partial charge in [-0.3, -0.25) is 37.3 Å². The average molecular weight is 1480 g/mol. The van der Waals surface area contributed by atoms with E-state index in [0.717, 1.165) is 108 Å². The molecule has 6 atom stereocenters. The molecule has 0 aliphatic carbocycles. The molecule has 0 aliphatic heterocycles. The summed E-state index contributed by atoms with van der Waals surface area (Å²) >= 11 is 0. The van der Waals surface area contributed by atoms with Gasteiger partial charge in [0.1, 0.15) is 19.3 Å². The Balaban J connectivity index is 5.27. The van der Waals surface area contributed by atoms with Crippen LogP contribution in [0.2, 0.25) is 0 Å². The Morgan fingerprint density at radius 2 is 0.505 bits per heavy atom. The Morgan fingerprint density at radius 3 is 0.752 bits per heavy atom. The van der Waals surface area contributed by atoms with Crippen molar-refractivity contribution >= 4 is 39.5 Å². The number of carbonyl (C=O) groups excluding carboxylic acids is 4. The molecule has 0 aromatic heterocycles. The van der Waals surface area contributed by atoms with Gasteiger partial charge in [-0.25, -0.2) is 9.13 Å². The van der Waals surface area contributed by atoms with Crippen LogP contribution in [0.1, 0.15) is 427 Å². The van der Waals surface area contributed by atoms with Gasteiger partial charge in [0.25, 0.3) is 0 Å². The second-order valence-electron chi connectivity index (χ2n) is 30.7. The van der Waals surface area contributed by atoms with Gasteiger partial charge in [0.2, 0.25) is 0 Å². The minimum atomic E-state index is -4.96. The largest absolute Gasteiger partial charge is 0.472 e. The molecule has 17 nitrogen and oxygen atoms in total. The van der Waals surface area contributed by atoms with E-state index in [-0.39, 0.29) is 25.7 Å². The number of ether oxygens (including phenoxy) is 4. The normalized spacial score (nSPS) is 14.2. The molecule has 0 aromatic rings. The van der Waals surface area contributed by atoms with Crippen molar-refractivity contribution in [3.8, 4) is 0 Å². The van der Waals surface area contributed by atoms with Crippen molar-refractivity contribution in [2.24, 2.45) is 17.8 Å². The Kier molecular flexibility index (Phi) is 70.9. The molecular weight excluding hydrogens is 1320 g/mol. The molecule has 0 aromatic carbocycles. The highest BCUT2D eigenvalue weighted by atomic mass is 31.2. The molecule has 101 heavy (non-hydrogen) atoms. The molecule has 3 unspecified atom stereocenters. The van der Waals surface area contributed by atoms with Crippen LogP contribution in [0.5, 0.6) is 0 Å².